The van der Waals surface area contributed by atoms with Crippen molar-refractivity contribution in [2.75, 3.05) is 10.6 Å². The third kappa shape index (κ3) is 4.08. The Morgan fingerprint density at radius 3 is 2.59 bits per heavy atom. The number of hydrogen-bond donors (Lipinski definition) is 3. The topological polar surface area (TPSA) is 98.0 Å². The number of pyridine rings is 1. The smallest absolute Gasteiger partial charge is 0.267 e. The number of aryl methyl sites for hydroxylation is 1. The van der Waals surface area contributed by atoms with Crippen LogP contribution in [0.5, 0.6) is 5.75 Å². The van der Waals surface area contributed by atoms with Crippen LogP contribution < -0.4 is 10.6 Å². The fourth-order valence-corrected chi connectivity index (χ4v) is 1.59. The zero-order chi connectivity index (χ0) is 15.9. The number of hydrogen-bond acceptors (Lipinski definition) is 5. The lowest BCUT2D eigenvalue weighted by molar-refractivity contribution is -0.112. The van der Waals surface area contributed by atoms with Crippen molar-refractivity contribution in [1.29, 1.82) is 5.26 Å². The molecule has 0 spiro atoms. The summed E-state index contributed by atoms with van der Waals surface area (Å²) < 4.78 is 0. The molecule has 110 valence electrons. The average Bonchev–Trinajstić information content (AvgIpc) is 2.52. The third-order valence-electron chi connectivity index (χ3n) is 2.77. The van der Waals surface area contributed by atoms with Crippen LogP contribution in [-0.2, 0) is 4.79 Å². The average molecular weight is 294 g/mol. The van der Waals surface area contributed by atoms with E-state index in [0.29, 0.717) is 11.5 Å². The molecule has 0 saturated carbocycles. The SMILES string of the molecule is Cc1ccc(N/C=C(/C#N)C(=O)Nc2ccc(O)cc2)nc1. The van der Waals surface area contributed by atoms with Crippen LogP contribution in [0, 0.1) is 18.3 Å². The van der Waals surface area contributed by atoms with Crippen LogP contribution in [-0.4, -0.2) is 16.0 Å². The Morgan fingerprint density at radius 2 is 2.00 bits per heavy atom. The Morgan fingerprint density at radius 1 is 1.27 bits per heavy atom. The maximum atomic E-state index is 12.0. The molecule has 0 unspecified atom stereocenters. The molecule has 0 aliphatic rings. The van der Waals surface area contributed by atoms with E-state index < -0.39 is 5.91 Å². The number of anilines is 2. The van der Waals surface area contributed by atoms with Gasteiger partial charge in [0.05, 0.1) is 0 Å². The van der Waals surface area contributed by atoms with Gasteiger partial charge in [-0.05, 0) is 42.8 Å². The number of phenols is 1. The highest BCUT2D eigenvalue weighted by molar-refractivity contribution is 6.06. The highest BCUT2D eigenvalue weighted by atomic mass is 16.3. The van der Waals surface area contributed by atoms with E-state index in [2.05, 4.69) is 15.6 Å². The van der Waals surface area contributed by atoms with Gasteiger partial charge in [0.1, 0.15) is 23.2 Å². The van der Waals surface area contributed by atoms with Crippen LogP contribution in [0.1, 0.15) is 5.56 Å². The number of nitrogens with one attached hydrogen (secondary N) is 2. The molecule has 1 heterocycles. The van der Waals surface area contributed by atoms with Crippen molar-refractivity contribution >= 4 is 17.4 Å². The molecular weight excluding hydrogens is 280 g/mol. The molecule has 1 aromatic carbocycles. The predicted molar refractivity (Wildman–Crippen MR) is 83.0 cm³/mol. The van der Waals surface area contributed by atoms with Crippen LogP contribution in [0.2, 0.25) is 0 Å². The first kappa shape index (κ1) is 15.1. The molecule has 1 aromatic heterocycles. The molecule has 0 atom stereocenters. The van der Waals surface area contributed by atoms with Crippen molar-refractivity contribution in [3.63, 3.8) is 0 Å². The summed E-state index contributed by atoms with van der Waals surface area (Å²) in [5, 5.41) is 23.6. The van der Waals surface area contributed by atoms with E-state index in [1.165, 1.54) is 30.5 Å². The van der Waals surface area contributed by atoms with Crippen LogP contribution in [0.15, 0.2) is 54.4 Å². The van der Waals surface area contributed by atoms with E-state index in [1.807, 2.05) is 19.1 Å². The highest BCUT2D eigenvalue weighted by Crippen LogP contribution is 2.14. The Balaban J connectivity index is 2.05. The molecule has 3 N–H and O–H groups in total. The van der Waals surface area contributed by atoms with Gasteiger partial charge in [-0.3, -0.25) is 4.79 Å². The number of nitrogens with zero attached hydrogens (tertiary/aromatic N) is 2. The van der Waals surface area contributed by atoms with Crippen molar-refractivity contribution in [2.24, 2.45) is 0 Å². The minimum Gasteiger partial charge on any atom is -0.508 e. The molecule has 22 heavy (non-hydrogen) atoms. The van der Waals surface area contributed by atoms with E-state index >= 15 is 0 Å². The van der Waals surface area contributed by atoms with Crippen LogP contribution in [0.3, 0.4) is 0 Å². The fraction of sp³-hybridized carbons (Fsp3) is 0.0625. The normalized spacial score (nSPS) is 10.6. The number of carbonyl (C=O) groups is 1. The number of aromatic hydroxyl groups is 1. The molecule has 0 aliphatic carbocycles. The fourth-order valence-electron chi connectivity index (χ4n) is 1.59. The third-order valence-corrected chi connectivity index (χ3v) is 2.77. The number of rotatable bonds is 4. The lowest BCUT2D eigenvalue weighted by atomic mass is 10.2. The van der Waals surface area contributed by atoms with Gasteiger partial charge in [0.25, 0.3) is 5.91 Å². The first-order valence-corrected chi connectivity index (χ1v) is 6.48. The Bertz CT molecular complexity index is 728. The van der Waals surface area contributed by atoms with Crippen LogP contribution in [0.4, 0.5) is 11.5 Å². The minimum absolute atomic E-state index is 0.0875. The molecule has 0 aliphatic heterocycles. The second-order valence-corrected chi connectivity index (χ2v) is 4.54. The molecule has 0 radical (unpaired) electrons. The standard InChI is InChI=1S/C16H14N4O2/c1-11-2-7-15(18-9-11)19-10-12(8-17)16(22)20-13-3-5-14(21)6-4-13/h2-7,9-10,21H,1H3,(H,18,19)(H,20,22)/b12-10-. The van der Waals surface area contributed by atoms with Crippen LogP contribution in [0.25, 0.3) is 0 Å². The monoisotopic (exact) mass is 294 g/mol. The van der Waals surface area contributed by atoms with Gasteiger partial charge < -0.3 is 15.7 Å². The second kappa shape index (κ2) is 6.90. The Kier molecular flexibility index (Phi) is 4.73. The Labute approximate surface area is 127 Å². The largest absolute Gasteiger partial charge is 0.508 e. The summed E-state index contributed by atoms with van der Waals surface area (Å²) >= 11 is 0. The molecule has 2 rings (SSSR count). The van der Waals surface area contributed by atoms with E-state index in [4.69, 9.17) is 5.26 Å². The van der Waals surface area contributed by atoms with E-state index in [0.717, 1.165) is 5.56 Å². The maximum absolute atomic E-state index is 12.0. The summed E-state index contributed by atoms with van der Waals surface area (Å²) in [5.74, 6) is 0.0877. The number of benzene rings is 1. The summed E-state index contributed by atoms with van der Waals surface area (Å²) in [6.45, 7) is 1.92. The minimum atomic E-state index is -0.548. The van der Waals surface area contributed by atoms with Gasteiger partial charge in [0, 0.05) is 18.1 Å². The summed E-state index contributed by atoms with van der Waals surface area (Å²) in [4.78, 5) is 16.1. The molecule has 0 bridgehead atoms. The summed E-state index contributed by atoms with van der Waals surface area (Å²) in [6.07, 6.45) is 2.98. The summed E-state index contributed by atoms with van der Waals surface area (Å²) in [6, 6.07) is 11.4. The number of phenolic OH excluding ortho intramolecular Hbond substituents is 1. The first-order valence-electron chi connectivity index (χ1n) is 6.48. The number of amides is 1. The van der Waals surface area contributed by atoms with Gasteiger partial charge in [-0.25, -0.2) is 4.98 Å². The number of nitriles is 1. The number of carbonyl (C=O) groups excluding carboxylic acids is 1. The Hall–Kier alpha value is -3.33. The van der Waals surface area contributed by atoms with Crippen molar-refractivity contribution < 1.29 is 9.90 Å². The summed E-state index contributed by atoms with van der Waals surface area (Å²) in [7, 11) is 0. The first-order chi connectivity index (χ1) is 10.6. The van der Waals surface area contributed by atoms with Crippen LogP contribution >= 0.6 is 0 Å². The van der Waals surface area contributed by atoms with Gasteiger partial charge in [0.2, 0.25) is 0 Å². The lowest BCUT2D eigenvalue weighted by Gasteiger charge is -2.05. The molecule has 0 fully saturated rings. The van der Waals surface area contributed by atoms with Crippen molar-refractivity contribution in [3.05, 3.63) is 59.9 Å². The zero-order valence-electron chi connectivity index (χ0n) is 11.9. The van der Waals surface area contributed by atoms with Gasteiger partial charge >= 0.3 is 0 Å². The number of aromatic nitrogens is 1. The van der Waals surface area contributed by atoms with E-state index in [-0.39, 0.29) is 11.3 Å². The zero-order valence-corrected chi connectivity index (χ0v) is 11.9. The molecule has 6 heteroatoms. The molecule has 2 aromatic rings. The van der Waals surface area contributed by atoms with Crippen molar-refractivity contribution in [1.82, 2.24) is 4.98 Å². The van der Waals surface area contributed by atoms with E-state index in [1.54, 1.807) is 12.3 Å². The lowest BCUT2D eigenvalue weighted by Crippen LogP contribution is -2.14. The molecular formula is C16H14N4O2. The van der Waals surface area contributed by atoms with Crippen molar-refractivity contribution in [2.45, 2.75) is 6.92 Å². The van der Waals surface area contributed by atoms with Gasteiger partial charge in [0.15, 0.2) is 0 Å². The summed E-state index contributed by atoms with van der Waals surface area (Å²) in [5.41, 5.74) is 1.41. The highest BCUT2D eigenvalue weighted by Gasteiger charge is 2.09. The molecule has 1 amide bonds. The maximum Gasteiger partial charge on any atom is 0.267 e. The molecule has 6 nitrogen and oxygen atoms in total. The van der Waals surface area contributed by atoms with Crippen molar-refractivity contribution in [3.8, 4) is 11.8 Å². The van der Waals surface area contributed by atoms with Gasteiger partial charge in [-0.2, -0.15) is 5.26 Å². The second-order valence-electron chi connectivity index (χ2n) is 4.54. The quantitative estimate of drug-likeness (QED) is 0.457. The van der Waals surface area contributed by atoms with Gasteiger partial charge in [-0.15, -0.1) is 0 Å². The van der Waals surface area contributed by atoms with E-state index in [9.17, 15) is 9.90 Å². The molecule has 0 saturated heterocycles. The predicted octanol–water partition coefficient (Wildman–Crippen LogP) is 2.55. The van der Waals surface area contributed by atoms with Gasteiger partial charge in [-0.1, -0.05) is 6.07 Å².